The molecular formula is C56H66N4O9. The number of nitrogens with zero attached hydrogens (tertiary/aromatic N) is 4. The summed E-state index contributed by atoms with van der Waals surface area (Å²) in [6, 6.07) is 44.3. The molecule has 0 aromatic heterocycles. The Balaban J connectivity index is 1.54. The second-order valence-corrected chi connectivity index (χ2v) is 17.8. The molecule has 1 heterocycles. The summed E-state index contributed by atoms with van der Waals surface area (Å²) >= 11 is 0. The number of nitro groups is 1. The number of unbranched alkanes of at least 4 members (excludes halogenated alkanes) is 1. The van der Waals surface area contributed by atoms with Gasteiger partial charge in [-0.3, -0.25) is 29.7 Å². The maximum atomic E-state index is 14.5. The molecule has 0 bridgehead atoms. The van der Waals surface area contributed by atoms with Crippen molar-refractivity contribution in [3.63, 3.8) is 0 Å². The number of non-ortho nitro benzene ring substituents is 1. The molecule has 1 aliphatic heterocycles. The number of benzene rings is 5. The van der Waals surface area contributed by atoms with Crippen molar-refractivity contribution in [1.82, 2.24) is 9.80 Å². The summed E-state index contributed by atoms with van der Waals surface area (Å²) in [5.41, 5.74) is 2.34. The van der Waals surface area contributed by atoms with Crippen LogP contribution in [0.25, 0.3) is 0 Å². The van der Waals surface area contributed by atoms with Crippen molar-refractivity contribution in [3.05, 3.63) is 183 Å². The van der Waals surface area contributed by atoms with E-state index in [-0.39, 0.29) is 44.2 Å². The molecule has 3 unspecified atom stereocenters. The number of rotatable bonds is 24. The zero-order chi connectivity index (χ0) is 49.6. The predicted molar refractivity (Wildman–Crippen MR) is 269 cm³/mol. The molecule has 364 valence electrons. The number of aliphatic hydroxyl groups excluding tert-OH is 1. The third-order valence-electron chi connectivity index (χ3n) is 12.6. The maximum absolute atomic E-state index is 14.5. The molecule has 69 heavy (non-hydrogen) atoms. The van der Waals surface area contributed by atoms with Crippen molar-refractivity contribution in [2.45, 2.75) is 77.5 Å². The van der Waals surface area contributed by atoms with Gasteiger partial charge in [-0.1, -0.05) is 129 Å². The first-order chi connectivity index (χ1) is 33.3. The van der Waals surface area contributed by atoms with Crippen molar-refractivity contribution in [2.24, 2.45) is 10.9 Å². The molecule has 3 atom stereocenters. The third-order valence-corrected chi connectivity index (χ3v) is 12.6. The number of aliphatic hydroxyl groups is 1. The molecule has 1 aliphatic rings. The van der Waals surface area contributed by atoms with Crippen molar-refractivity contribution in [3.8, 4) is 11.5 Å². The van der Waals surface area contributed by atoms with Gasteiger partial charge in [0.05, 0.1) is 42.1 Å². The first-order valence-corrected chi connectivity index (χ1v) is 23.8. The number of ether oxygens (including phenoxy) is 4. The molecule has 0 fully saturated rings. The summed E-state index contributed by atoms with van der Waals surface area (Å²) < 4.78 is 23.2. The van der Waals surface area contributed by atoms with E-state index in [9.17, 15) is 24.8 Å². The van der Waals surface area contributed by atoms with E-state index in [1.165, 1.54) is 12.1 Å². The van der Waals surface area contributed by atoms with Crippen molar-refractivity contribution in [2.75, 3.05) is 53.1 Å². The first kappa shape index (κ1) is 51.7. The highest BCUT2D eigenvalue weighted by molar-refractivity contribution is 6.07. The second-order valence-electron chi connectivity index (χ2n) is 17.8. The van der Waals surface area contributed by atoms with Gasteiger partial charge >= 0.3 is 11.9 Å². The van der Waals surface area contributed by atoms with E-state index >= 15 is 0 Å². The van der Waals surface area contributed by atoms with E-state index in [1.54, 1.807) is 40.0 Å². The van der Waals surface area contributed by atoms with Crippen LogP contribution in [0.5, 0.6) is 11.5 Å². The first-order valence-electron chi connectivity index (χ1n) is 23.8. The van der Waals surface area contributed by atoms with Crippen molar-refractivity contribution in [1.29, 1.82) is 0 Å². The maximum Gasteiger partial charge on any atom is 0.336 e. The number of hydrogen-bond acceptors (Lipinski definition) is 12. The fourth-order valence-electron chi connectivity index (χ4n) is 9.70. The molecule has 0 saturated carbocycles. The lowest BCUT2D eigenvalue weighted by molar-refractivity contribution is -0.384. The zero-order valence-corrected chi connectivity index (χ0v) is 40.9. The molecule has 0 amide bonds. The summed E-state index contributed by atoms with van der Waals surface area (Å²) in [6.07, 6.45) is 0.666. The molecule has 0 radical (unpaired) electrons. The predicted octanol–water partition coefficient (Wildman–Crippen LogP) is 9.77. The Morgan fingerprint density at radius 3 is 1.90 bits per heavy atom. The number of aliphatic imine (C=N–C) groups is 1. The molecule has 1 N–H and O–H groups in total. The summed E-state index contributed by atoms with van der Waals surface area (Å²) in [4.78, 5) is 49.7. The lowest BCUT2D eigenvalue weighted by Crippen LogP contribution is -2.63. The normalized spacial score (nSPS) is 15.7. The van der Waals surface area contributed by atoms with Crippen molar-refractivity contribution < 1.29 is 38.6 Å². The van der Waals surface area contributed by atoms with Gasteiger partial charge in [-0.2, -0.15) is 0 Å². The Labute approximate surface area is 406 Å². The molecule has 5 aromatic carbocycles. The summed E-state index contributed by atoms with van der Waals surface area (Å²) in [7, 11) is 1.58. The van der Waals surface area contributed by atoms with Gasteiger partial charge in [0.1, 0.15) is 18.6 Å². The monoisotopic (exact) mass is 938 g/mol. The zero-order valence-electron chi connectivity index (χ0n) is 40.9. The minimum atomic E-state index is -1.05. The van der Waals surface area contributed by atoms with Gasteiger partial charge in [0.15, 0.2) is 11.5 Å². The van der Waals surface area contributed by atoms with Gasteiger partial charge in [-0.05, 0) is 82.0 Å². The van der Waals surface area contributed by atoms with Crippen LogP contribution in [-0.4, -0.2) is 102 Å². The Bertz CT molecular complexity index is 2450. The van der Waals surface area contributed by atoms with Crippen molar-refractivity contribution >= 4 is 23.3 Å². The lowest BCUT2D eigenvalue weighted by Gasteiger charge is -2.54. The van der Waals surface area contributed by atoms with Crippen LogP contribution in [0.15, 0.2) is 156 Å². The molecule has 0 spiro atoms. The van der Waals surface area contributed by atoms with E-state index < -0.39 is 45.9 Å². The number of nitro benzene ring substituents is 1. The van der Waals surface area contributed by atoms with Crippen LogP contribution in [0.1, 0.15) is 82.6 Å². The summed E-state index contributed by atoms with van der Waals surface area (Å²) in [5, 5.41) is 24.5. The van der Waals surface area contributed by atoms with E-state index in [4.69, 9.17) is 23.9 Å². The highest BCUT2D eigenvalue weighted by Gasteiger charge is 2.50. The SMILES string of the molecule is CCCCN(CC1=C(C(=O)OCC)C(c2cccc([N+](=O)[O-])c2)C(C(=O)OCC)C(C)=N1)CC(C)(C)N(CC(O)COc1ccccc1OC)C(c1ccccc1)(c1ccccc1)c1ccccc1. The van der Waals surface area contributed by atoms with Crippen LogP contribution in [-0.2, 0) is 24.6 Å². The van der Waals surface area contributed by atoms with Gasteiger partial charge in [-0.15, -0.1) is 0 Å². The third kappa shape index (κ3) is 12.0. The van der Waals surface area contributed by atoms with E-state index in [0.29, 0.717) is 41.6 Å². The fourth-order valence-corrected chi connectivity index (χ4v) is 9.70. The van der Waals surface area contributed by atoms with Crippen LogP contribution < -0.4 is 9.47 Å². The standard InChI is InChI=1S/C56H66N4O9/c1-8-11-34-58(37-47-52(54(63)68-10-3)51(41-24-23-31-45(35-41)60(64)65)50(40(4)57-47)53(62)67-9-2)39-55(5,6)59(36-46(61)38-69-49-33-22-21-32-48(49)66-7)56(42-25-15-12-16-26-42,43-27-17-13-18-28-43)44-29-19-14-20-30-44/h12-33,35,46,50-51,61H,8-11,34,36-39H2,1-7H3. The van der Waals surface area contributed by atoms with Crippen LogP contribution in [0.2, 0.25) is 0 Å². The topological polar surface area (TPSA) is 153 Å². The Morgan fingerprint density at radius 2 is 1.36 bits per heavy atom. The number of carbonyl (C=O) groups is 2. The number of hydrogen-bond donors (Lipinski definition) is 1. The Hall–Kier alpha value is -6.67. The van der Waals surface area contributed by atoms with Gasteiger partial charge in [0, 0.05) is 48.9 Å². The average Bonchev–Trinajstić information content (AvgIpc) is 3.35. The van der Waals surface area contributed by atoms with Crippen LogP contribution in [0.3, 0.4) is 0 Å². The largest absolute Gasteiger partial charge is 0.493 e. The summed E-state index contributed by atoms with van der Waals surface area (Å²) in [5.74, 6) is -2.23. The van der Waals surface area contributed by atoms with E-state index in [1.807, 2.05) is 78.9 Å². The number of β-amino-alcohol motifs (C(OH)–C–C–N with tert-alkyl or cyclic N) is 1. The highest BCUT2D eigenvalue weighted by atomic mass is 16.6. The Kier molecular flexibility index (Phi) is 18.0. The molecular weight excluding hydrogens is 873 g/mol. The number of methoxy groups -OCH3 is 1. The fraction of sp³-hybridized carbons (Fsp3) is 0.375. The van der Waals surface area contributed by atoms with Crippen LogP contribution >= 0.6 is 0 Å². The second kappa shape index (κ2) is 24.1. The molecule has 0 saturated heterocycles. The minimum Gasteiger partial charge on any atom is -0.493 e. The Morgan fingerprint density at radius 1 is 0.797 bits per heavy atom. The van der Waals surface area contributed by atoms with Crippen LogP contribution in [0, 0.1) is 16.0 Å². The number of carbonyl (C=O) groups excluding carboxylic acids is 2. The molecule has 5 aromatic rings. The molecule has 0 aliphatic carbocycles. The number of esters is 2. The smallest absolute Gasteiger partial charge is 0.336 e. The van der Waals surface area contributed by atoms with E-state index in [0.717, 1.165) is 29.5 Å². The highest BCUT2D eigenvalue weighted by Crippen LogP contribution is 2.47. The van der Waals surface area contributed by atoms with Gasteiger partial charge in [-0.25, -0.2) is 4.79 Å². The quantitative estimate of drug-likeness (QED) is 0.0272. The minimum absolute atomic E-state index is 0.0363. The molecule has 13 heteroatoms. The van der Waals surface area contributed by atoms with E-state index in [2.05, 4.69) is 67.0 Å². The molecule has 6 rings (SSSR count). The average molecular weight is 939 g/mol. The summed E-state index contributed by atoms with van der Waals surface area (Å²) in [6.45, 7) is 13.0. The van der Waals surface area contributed by atoms with Gasteiger partial charge in [0.25, 0.3) is 5.69 Å². The number of para-hydroxylation sites is 2. The van der Waals surface area contributed by atoms with Crippen LogP contribution in [0.4, 0.5) is 5.69 Å². The van der Waals surface area contributed by atoms with Gasteiger partial charge < -0.3 is 24.1 Å². The molecule has 13 nitrogen and oxygen atoms in total. The van der Waals surface area contributed by atoms with Gasteiger partial charge in [0.2, 0.25) is 0 Å². The lowest BCUT2D eigenvalue weighted by atomic mass is 9.73.